The van der Waals surface area contributed by atoms with Crippen molar-refractivity contribution in [3.05, 3.63) is 47.5 Å². The van der Waals surface area contributed by atoms with Crippen LogP contribution in [-0.2, 0) is 19.1 Å². The van der Waals surface area contributed by atoms with E-state index < -0.39 is 0 Å². The van der Waals surface area contributed by atoms with Crippen LogP contribution in [-0.4, -0.2) is 38.4 Å². The highest BCUT2D eigenvalue weighted by Gasteiger charge is 2.09. The van der Waals surface area contributed by atoms with Crippen molar-refractivity contribution in [3.8, 4) is 22.6 Å². The number of ether oxygens (including phenoxy) is 4. The van der Waals surface area contributed by atoms with Crippen LogP contribution in [0.2, 0.25) is 0 Å². The first kappa shape index (κ1) is 21.3. The second-order valence-electron chi connectivity index (χ2n) is 6.15. The molecule has 150 valence electrons. The van der Waals surface area contributed by atoms with Gasteiger partial charge >= 0.3 is 11.9 Å². The van der Waals surface area contributed by atoms with E-state index in [1.165, 1.54) is 0 Å². The van der Waals surface area contributed by atoms with Crippen LogP contribution in [0.1, 0.15) is 25.0 Å². The van der Waals surface area contributed by atoms with Gasteiger partial charge in [-0.25, -0.2) is 9.59 Å². The van der Waals surface area contributed by atoms with Crippen molar-refractivity contribution >= 4 is 11.9 Å². The van der Waals surface area contributed by atoms with E-state index in [-0.39, 0.29) is 25.2 Å². The second-order valence-corrected chi connectivity index (χ2v) is 6.15. The van der Waals surface area contributed by atoms with E-state index in [0.717, 1.165) is 22.3 Å². The summed E-state index contributed by atoms with van der Waals surface area (Å²) in [5.74, 6) is 0.505. The maximum absolute atomic E-state index is 11.4. The Morgan fingerprint density at radius 1 is 0.714 bits per heavy atom. The van der Waals surface area contributed by atoms with Crippen molar-refractivity contribution in [2.24, 2.45) is 0 Å². The summed E-state index contributed by atoms with van der Waals surface area (Å²) in [6.07, 6.45) is 0. The fraction of sp³-hybridized carbons (Fsp3) is 0.364. The zero-order chi connectivity index (χ0) is 20.5. The van der Waals surface area contributed by atoms with Gasteiger partial charge in [0.15, 0.2) is 13.2 Å². The van der Waals surface area contributed by atoms with E-state index in [9.17, 15) is 9.59 Å². The molecule has 0 aliphatic carbocycles. The first-order valence-electron chi connectivity index (χ1n) is 9.23. The molecule has 0 aromatic heterocycles. The van der Waals surface area contributed by atoms with Crippen molar-refractivity contribution in [2.75, 3.05) is 26.4 Å². The quantitative estimate of drug-likeness (QED) is 0.610. The number of carbonyl (C=O) groups is 2. The van der Waals surface area contributed by atoms with Crippen LogP contribution < -0.4 is 9.47 Å². The Hall–Kier alpha value is -3.02. The highest BCUT2D eigenvalue weighted by molar-refractivity contribution is 5.72. The van der Waals surface area contributed by atoms with Crippen molar-refractivity contribution in [2.45, 2.75) is 27.7 Å². The van der Waals surface area contributed by atoms with Crippen molar-refractivity contribution in [1.29, 1.82) is 0 Å². The lowest BCUT2D eigenvalue weighted by molar-refractivity contribution is -0.146. The summed E-state index contributed by atoms with van der Waals surface area (Å²) in [6.45, 7) is 7.80. The topological polar surface area (TPSA) is 71.1 Å². The lowest BCUT2D eigenvalue weighted by atomic mass is 10.0. The molecule has 0 aliphatic heterocycles. The van der Waals surface area contributed by atoms with Crippen LogP contribution in [0.3, 0.4) is 0 Å². The first-order chi connectivity index (χ1) is 13.4. The van der Waals surface area contributed by atoms with E-state index in [1.54, 1.807) is 13.8 Å². The molecule has 0 radical (unpaired) electrons. The fourth-order valence-corrected chi connectivity index (χ4v) is 2.66. The average molecular weight is 386 g/mol. The number of hydrogen-bond acceptors (Lipinski definition) is 6. The fourth-order valence-electron chi connectivity index (χ4n) is 2.66. The Kier molecular flexibility index (Phi) is 7.87. The summed E-state index contributed by atoms with van der Waals surface area (Å²) in [4.78, 5) is 22.9. The van der Waals surface area contributed by atoms with Crippen molar-refractivity contribution in [1.82, 2.24) is 0 Å². The lowest BCUT2D eigenvalue weighted by Gasteiger charge is -2.12. The zero-order valence-corrected chi connectivity index (χ0v) is 16.7. The Bertz CT molecular complexity index is 758. The minimum absolute atomic E-state index is 0.111. The van der Waals surface area contributed by atoms with E-state index in [2.05, 4.69) is 0 Å². The monoisotopic (exact) mass is 386 g/mol. The molecule has 0 bridgehead atoms. The molecule has 0 fully saturated rings. The number of carbonyl (C=O) groups excluding carboxylic acids is 2. The van der Waals surface area contributed by atoms with E-state index in [1.807, 2.05) is 50.2 Å². The van der Waals surface area contributed by atoms with Crippen LogP contribution in [0.5, 0.6) is 11.5 Å². The van der Waals surface area contributed by atoms with Crippen LogP contribution in [0.4, 0.5) is 0 Å². The Morgan fingerprint density at radius 3 is 1.43 bits per heavy atom. The van der Waals surface area contributed by atoms with Gasteiger partial charge in [0.1, 0.15) is 11.5 Å². The molecule has 0 spiro atoms. The molecule has 0 amide bonds. The minimum atomic E-state index is -0.389. The molecule has 6 nitrogen and oxygen atoms in total. The highest BCUT2D eigenvalue weighted by atomic mass is 16.6. The summed E-state index contributed by atoms with van der Waals surface area (Å²) in [7, 11) is 0. The largest absolute Gasteiger partial charge is 0.482 e. The molecule has 0 N–H and O–H groups in total. The highest BCUT2D eigenvalue weighted by Crippen LogP contribution is 2.29. The third-order valence-electron chi connectivity index (χ3n) is 3.98. The number of aryl methyl sites for hydroxylation is 2. The Labute approximate surface area is 165 Å². The molecule has 0 saturated carbocycles. The number of rotatable bonds is 9. The Morgan fingerprint density at radius 2 is 1.11 bits per heavy atom. The third-order valence-corrected chi connectivity index (χ3v) is 3.98. The van der Waals surface area contributed by atoms with Gasteiger partial charge in [0.05, 0.1) is 13.2 Å². The SMILES string of the molecule is CCOC(=O)COc1ccc(-c2ccc(OCC(=O)OCC)c(C)c2)cc1C. The number of esters is 2. The van der Waals surface area contributed by atoms with Crippen molar-refractivity contribution in [3.63, 3.8) is 0 Å². The molecule has 2 rings (SSSR count). The molecule has 28 heavy (non-hydrogen) atoms. The second kappa shape index (κ2) is 10.3. The standard InChI is InChI=1S/C22H26O6/c1-5-25-21(23)13-27-19-9-7-17(11-15(19)3)18-8-10-20(16(4)12-18)28-14-22(24)26-6-2/h7-12H,5-6,13-14H2,1-4H3. The zero-order valence-electron chi connectivity index (χ0n) is 16.7. The predicted molar refractivity (Wildman–Crippen MR) is 106 cm³/mol. The van der Waals surface area contributed by atoms with Crippen LogP contribution in [0, 0.1) is 13.8 Å². The predicted octanol–water partition coefficient (Wildman–Crippen LogP) is 3.85. The lowest BCUT2D eigenvalue weighted by Crippen LogP contribution is -2.15. The maximum Gasteiger partial charge on any atom is 0.344 e. The van der Waals surface area contributed by atoms with Crippen LogP contribution in [0.25, 0.3) is 11.1 Å². The summed E-state index contributed by atoms with van der Waals surface area (Å²) in [5.41, 5.74) is 3.87. The van der Waals surface area contributed by atoms with Crippen molar-refractivity contribution < 1.29 is 28.5 Å². The van der Waals surface area contributed by atoms with Gasteiger partial charge in [-0.2, -0.15) is 0 Å². The summed E-state index contributed by atoms with van der Waals surface area (Å²) in [5, 5.41) is 0. The van der Waals surface area contributed by atoms with Crippen LogP contribution in [0.15, 0.2) is 36.4 Å². The smallest absolute Gasteiger partial charge is 0.344 e. The van der Waals surface area contributed by atoms with Gasteiger partial charge in [-0.15, -0.1) is 0 Å². The summed E-state index contributed by atoms with van der Waals surface area (Å²) in [6, 6.07) is 11.5. The summed E-state index contributed by atoms with van der Waals surface area (Å²) >= 11 is 0. The molecule has 0 aliphatic rings. The normalized spacial score (nSPS) is 10.3. The molecule has 0 atom stereocenters. The first-order valence-corrected chi connectivity index (χ1v) is 9.23. The van der Waals surface area contributed by atoms with Gasteiger partial charge in [-0.05, 0) is 74.2 Å². The maximum atomic E-state index is 11.4. The molecular formula is C22H26O6. The average Bonchev–Trinajstić information content (AvgIpc) is 2.66. The molecule has 2 aromatic carbocycles. The molecule has 0 saturated heterocycles. The Balaban J connectivity index is 2.06. The molecule has 0 unspecified atom stereocenters. The van der Waals surface area contributed by atoms with E-state index >= 15 is 0 Å². The molecular weight excluding hydrogens is 360 g/mol. The van der Waals surface area contributed by atoms with Gasteiger partial charge in [-0.1, -0.05) is 12.1 Å². The van der Waals surface area contributed by atoms with Gasteiger partial charge in [0, 0.05) is 0 Å². The summed E-state index contributed by atoms with van der Waals surface area (Å²) < 4.78 is 20.8. The van der Waals surface area contributed by atoms with Gasteiger partial charge in [0.2, 0.25) is 0 Å². The third kappa shape index (κ3) is 6.01. The minimum Gasteiger partial charge on any atom is -0.482 e. The molecule has 2 aromatic rings. The number of hydrogen-bond donors (Lipinski definition) is 0. The van der Waals surface area contributed by atoms with Gasteiger partial charge in [-0.3, -0.25) is 0 Å². The molecule has 0 heterocycles. The molecule has 6 heteroatoms. The van der Waals surface area contributed by atoms with E-state index in [0.29, 0.717) is 24.7 Å². The van der Waals surface area contributed by atoms with Crippen LogP contribution >= 0.6 is 0 Å². The van der Waals surface area contributed by atoms with Gasteiger partial charge in [0.25, 0.3) is 0 Å². The van der Waals surface area contributed by atoms with E-state index in [4.69, 9.17) is 18.9 Å². The number of benzene rings is 2. The van der Waals surface area contributed by atoms with Gasteiger partial charge < -0.3 is 18.9 Å².